The zero-order valence-corrected chi connectivity index (χ0v) is 11.9. The molecule has 0 radical (unpaired) electrons. The van der Waals surface area contributed by atoms with Crippen molar-refractivity contribution in [3.63, 3.8) is 0 Å². The zero-order valence-electron chi connectivity index (χ0n) is 11.9. The molecule has 5 nitrogen and oxygen atoms in total. The first-order valence-corrected chi connectivity index (χ1v) is 6.20. The second kappa shape index (κ2) is 7.11. The second-order valence-corrected chi connectivity index (χ2v) is 5.18. The van der Waals surface area contributed by atoms with Crippen molar-refractivity contribution >= 4 is 6.09 Å². The summed E-state index contributed by atoms with van der Waals surface area (Å²) in [5.74, 6) is 0. The lowest BCUT2D eigenvalue weighted by Gasteiger charge is -2.20. The fourth-order valence-electron chi connectivity index (χ4n) is 1.54. The normalized spacial score (nSPS) is 11.2. The third-order valence-corrected chi connectivity index (χ3v) is 2.29. The smallest absolute Gasteiger partial charge is 0.422 e. The average Bonchev–Trinajstić information content (AvgIpc) is 2.29. The summed E-state index contributed by atoms with van der Waals surface area (Å²) in [6.07, 6.45) is -0.489. The Labute approximate surface area is 114 Å². The van der Waals surface area contributed by atoms with Crippen LogP contribution < -0.4 is 10.9 Å². The molecule has 0 atom stereocenters. The molecule has 1 aromatic carbocycles. The van der Waals surface area contributed by atoms with E-state index in [9.17, 15) is 4.79 Å². The van der Waals surface area contributed by atoms with Gasteiger partial charge >= 0.3 is 6.09 Å². The van der Waals surface area contributed by atoms with Gasteiger partial charge in [0.1, 0.15) is 5.60 Å². The Hall–Kier alpha value is -1.59. The minimum absolute atomic E-state index is 0.489. The van der Waals surface area contributed by atoms with E-state index in [2.05, 4.69) is 10.9 Å². The molecule has 1 aromatic rings. The summed E-state index contributed by atoms with van der Waals surface area (Å²) in [7, 11) is 1.66. The quantitative estimate of drug-likeness (QED) is 0.803. The Kier molecular flexibility index (Phi) is 5.79. The minimum atomic E-state index is -0.500. The average molecular weight is 266 g/mol. The van der Waals surface area contributed by atoms with Gasteiger partial charge in [0.25, 0.3) is 0 Å². The van der Waals surface area contributed by atoms with Crippen molar-refractivity contribution < 1.29 is 14.3 Å². The highest BCUT2D eigenvalue weighted by Gasteiger charge is 2.15. The molecule has 0 unspecified atom stereocenters. The van der Waals surface area contributed by atoms with Crippen LogP contribution in [0, 0.1) is 0 Å². The fraction of sp³-hybridized carbons (Fsp3) is 0.500. The molecule has 0 aliphatic carbocycles. The van der Waals surface area contributed by atoms with Crippen LogP contribution >= 0.6 is 0 Å². The molecule has 19 heavy (non-hydrogen) atoms. The summed E-state index contributed by atoms with van der Waals surface area (Å²) in [5, 5.41) is 0. The predicted octanol–water partition coefficient (Wildman–Crippen LogP) is 2.36. The number of benzene rings is 1. The number of hydrazine groups is 1. The summed E-state index contributed by atoms with van der Waals surface area (Å²) < 4.78 is 10.2. The summed E-state index contributed by atoms with van der Waals surface area (Å²) in [6, 6.07) is 7.88. The molecule has 5 heteroatoms. The van der Waals surface area contributed by atoms with Crippen LogP contribution in [0.5, 0.6) is 0 Å². The van der Waals surface area contributed by atoms with Gasteiger partial charge in [-0.15, -0.1) is 0 Å². The van der Waals surface area contributed by atoms with Gasteiger partial charge in [0.05, 0.1) is 6.61 Å². The van der Waals surface area contributed by atoms with Gasteiger partial charge in [0.15, 0.2) is 0 Å². The molecule has 106 valence electrons. The standard InChI is InChI=1S/C14H22N2O3/c1-14(2,3)19-13(17)16-15-9-11-7-5-6-8-12(11)10-18-4/h5-8,15H,9-10H2,1-4H3,(H,16,17). The highest BCUT2D eigenvalue weighted by molar-refractivity contribution is 5.66. The van der Waals surface area contributed by atoms with Gasteiger partial charge in [-0.3, -0.25) is 5.43 Å². The van der Waals surface area contributed by atoms with E-state index < -0.39 is 11.7 Å². The highest BCUT2D eigenvalue weighted by atomic mass is 16.6. The number of methoxy groups -OCH3 is 1. The van der Waals surface area contributed by atoms with Crippen molar-refractivity contribution in [1.29, 1.82) is 0 Å². The minimum Gasteiger partial charge on any atom is -0.443 e. The maximum absolute atomic E-state index is 11.4. The van der Waals surface area contributed by atoms with Crippen LogP contribution in [-0.4, -0.2) is 18.8 Å². The highest BCUT2D eigenvalue weighted by Crippen LogP contribution is 2.09. The molecule has 0 saturated carbocycles. The van der Waals surface area contributed by atoms with Gasteiger partial charge in [-0.05, 0) is 31.9 Å². The van der Waals surface area contributed by atoms with Crippen LogP contribution in [0.2, 0.25) is 0 Å². The number of carbonyl (C=O) groups is 1. The lowest BCUT2D eigenvalue weighted by atomic mass is 10.1. The summed E-state index contributed by atoms with van der Waals surface area (Å²) >= 11 is 0. The molecule has 0 spiro atoms. The molecule has 0 fully saturated rings. The molecule has 1 rings (SSSR count). The van der Waals surface area contributed by atoms with Crippen molar-refractivity contribution in [1.82, 2.24) is 10.9 Å². The van der Waals surface area contributed by atoms with Gasteiger partial charge in [-0.2, -0.15) is 0 Å². The Morgan fingerprint density at radius 2 is 1.84 bits per heavy atom. The van der Waals surface area contributed by atoms with Crippen LogP contribution in [0.4, 0.5) is 4.79 Å². The zero-order chi connectivity index (χ0) is 14.3. The van der Waals surface area contributed by atoms with Crippen molar-refractivity contribution in [3.8, 4) is 0 Å². The fourth-order valence-corrected chi connectivity index (χ4v) is 1.54. The van der Waals surface area contributed by atoms with Crippen molar-refractivity contribution in [2.45, 2.75) is 39.5 Å². The predicted molar refractivity (Wildman–Crippen MR) is 73.4 cm³/mol. The van der Waals surface area contributed by atoms with Gasteiger partial charge in [0.2, 0.25) is 0 Å². The van der Waals surface area contributed by atoms with E-state index in [0.29, 0.717) is 13.2 Å². The van der Waals surface area contributed by atoms with E-state index in [-0.39, 0.29) is 0 Å². The van der Waals surface area contributed by atoms with Gasteiger partial charge < -0.3 is 9.47 Å². The number of ether oxygens (including phenoxy) is 2. The topological polar surface area (TPSA) is 59.6 Å². The molecule has 1 amide bonds. The second-order valence-electron chi connectivity index (χ2n) is 5.18. The number of rotatable bonds is 5. The van der Waals surface area contributed by atoms with E-state index in [4.69, 9.17) is 9.47 Å². The number of hydrogen-bond acceptors (Lipinski definition) is 4. The first-order valence-electron chi connectivity index (χ1n) is 6.20. The van der Waals surface area contributed by atoms with E-state index in [0.717, 1.165) is 11.1 Å². The SMILES string of the molecule is COCc1ccccc1CNNC(=O)OC(C)(C)C. The van der Waals surface area contributed by atoms with Crippen LogP contribution in [0.15, 0.2) is 24.3 Å². The molecule has 0 aliphatic rings. The van der Waals surface area contributed by atoms with Crippen LogP contribution in [0.1, 0.15) is 31.9 Å². The first-order chi connectivity index (χ1) is 8.92. The van der Waals surface area contributed by atoms with Crippen molar-refractivity contribution in [3.05, 3.63) is 35.4 Å². The number of nitrogens with one attached hydrogen (secondary N) is 2. The maximum Gasteiger partial charge on any atom is 0.422 e. The molecule has 2 N–H and O–H groups in total. The Bertz CT molecular complexity index is 413. The van der Waals surface area contributed by atoms with Crippen LogP contribution in [-0.2, 0) is 22.6 Å². The van der Waals surface area contributed by atoms with Crippen molar-refractivity contribution in [2.75, 3.05) is 7.11 Å². The van der Waals surface area contributed by atoms with E-state index in [1.54, 1.807) is 7.11 Å². The lowest BCUT2D eigenvalue weighted by Crippen LogP contribution is -2.40. The largest absolute Gasteiger partial charge is 0.443 e. The molecular formula is C14H22N2O3. The Balaban J connectivity index is 2.43. The monoisotopic (exact) mass is 266 g/mol. The molecule has 0 heterocycles. The van der Waals surface area contributed by atoms with E-state index in [1.807, 2.05) is 45.0 Å². The first kappa shape index (κ1) is 15.5. The molecular weight excluding hydrogens is 244 g/mol. The van der Waals surface area contributed by atoms with E-state index >= 15 is 0 Å². The van der Waals surface area contributed by atoms with Gasteiger partial charge in [-0.1, -0.05) is 24.3 Å². The molecule has 0 bridgehead atoms. The van der Waals surface area contributed by atoms with E-state index in [1.165, 1.54) is 0 Å². The molecule has 0 aliphatic heterocycles. The maximum atomic E-state index is 11.4. The van der Waals surface area contributed by atoms with Gasteiger partial charge in [0, 0.05) is 13.7 Å². The summed E-state index contributed by atoms with van der Waals surface area (Å²) in [5.41, 5.74) is 7.00. The van der Waals surface area contributed by atoms with Gasteiger partial charge in [-0.25, -0.2) is 10.2 Å². The lowest BCUT2D eigenvalue weighted by molar-refractivity contribution is 0.0497. The van der Waals surface area contributed by atoms with Crippen LogP contribution in [0.25, 0.3) is 0 Å². The number of hydrogen-bond donors (Lipinski definition) is 2. The molecule has 0 aromatic heterocycles. The summed E-state index contributed by atoms with van der Waals surface area (Å²) in [6.45, 7) is 6.52. The number of carbonyl (C=O) groups excluding carboxylic acids is 1. The third-order valence-electron chi connectivity index (χ3n) is 2.29. The number of amides is 1. The Morgan fingerprint density at radius 3 is 2.42 bits per heavy atom. The molecule has 0 saturated heterocycles. The third kappa shape index (κ3) is 6.22. The van der Waals surface area contributed by atoms with Crippen LogP contribution in [0.3, 0.4) is 0 Å². The van der Waals surface area contributed by atoms with Crippen molar-refractivity contribution in [2.24, 2.45) is 0 Å². The Morgan fingerprint density at radius 1 is 1.21 bits per heavy atom. The summed E-state index contributed by atoms with van der Waals surface area (Å²) in [4.78, 5) is 11.4.